The van der Waals surface area contributed by atoms with Crippen LogP contribution in [0.5, 0.6) is 0 Å². The third kappa shape index (κ3) is 3.24. The molecule has 18 heavy (non-hydrogen) atoms. The summed E-state index contributed by atoms with van der Waals surface area (Å²) in [6.07, 6.45) is 3.68. The van der Waals surface area contributed by atoms with Crippen LogP contribution in [0.2, 0.25) is 0 Å². The predicted molar refractivity (Wildman–Crippen MR) is 83.5 cm³/mol. The summed E-state index contributed by atoms with van der Waals surface area (Å²) in [5.41, 5.74) is 0.803. The largest absolute Gasteiger partial charge is 0.293 e. The minimum absolute atomic E-state index is 0.212. The molecule has 0 amide bonds. The highest BCUT2D eigenvalue weighted by molar-refractivity contribution is 9.12. The minimum Gasteiger partial charge on any atom is -0.293 e. The second-order valence-corrected chi connectivity index (χ2v) is 8.71. The van der Waals surface area contributed by atoms with Gasteiger partial charge in [0.25, 0.3) is 0 Å². The normalized spacial score (nSPS) is 25.3. The van der Waals surface area contributed by atoms with Gasteiger partial charge in [-0.3, -0.25) is 9.69 Å². The van der Waals surface area contributed by atoms with Crippen molar-refractivity contribution >= 4 is 49.0 Å². The van der Waals surface area contributed by atoms with Crippen LogP contribution in [0.25, 0.3) is 0 Å². The lowest BCUT2D eigenvalue weighted by Gasteiger charge is -2.38. The molecular weight excluding hydrogens is 378 g/mol. The second-order valence-electron chi connectivity index (χ2n) is 4.96. The second kappa shape index (κ2) is 6.16. The number of hydrogen-bond donors (Lipinski definition) is 0. The van der Waals surface area contributed by atoms with Gasteiger partial charge >= 0.3 is 0 Å². The Morgan fingerprint density at radius 2 is 2.00 bits per heavy atom. The van der Waals surface area contributed by atoms with Crippen LogP contribution in [0.15, 0.2) is 13.6 Å². The molecule has 2 rings (SSSR count). The standard InChI is InChI=1S/C13H17Br2NOS/c1-8-4-3-5-9(2)16(8)7-11(17)10-6-12(14)18-13(10)15/h6,8-9H,3-5,7H2,1-2H3/t8-,9+. The first-order valence-electron chi connectivity index (χ1n) is 6.23. The number of carbonyl (C=O) groups excluding carboxylic acids is 1. The zero-order valence-corrected chi connectivity index (χ0v) is 14.6. The first-order chi connectivity index (χ1) is 8.49. The quantitative estimate of drug-likeness (QED) is 0.691. The lowest BCUT2D eigenvalue weighted by Crippen LogP contribution is -2.46. The highest BCUT2D eigenvalue weighted by Gasteiger charge is 2.27. The van der Waals surface area contributed by atoms with Gasteiger partial charge in [0.1, 0.15) is 0 Å². The summed E-state index contributed by atoms with van der Waals surface area (Å²) in [5, 5.41) is 0. The van der Waals surface area contributed by atoms with Gasteiger partial charge in [0.2, 0.25) is 0 Å². The SMILES string of the molecule is C[C@@H]1CCC[C@H](C)N1CC(=O)c1cc(Br)sc1Br. The first-order valence-corrected chi connectivity index (χ1v) is 8.63. The van der Waals surface area contributed by atoms with Crippen molar-refractivity contribution in [3.8, 4) is 0 Å². The molecule has 0 bridgehead atoms. The molecule has 0 spiro atoms. The molecule has 0 unspecified atom stereocenters. The van der Waals surface area contributed by atoms with E-state index in [1.807, 2.05) is 6.07 Å². The van der Waals surface area contributed by atoms with Crippen LogP contribution >= 0.6 is 43.2 Å². The van der Waals surface area contributed by atoms with Gasteiger partial charge in [-0.2, -0.15) is 0 Å². The number of thiophene rings is 1. The number of nitrogens with zero attached hydrogens (tertiary/aromatic N) is 1. The maximum atomic E-state index is 12.4. The van der Waals surface area contributed by atoms with Crippen molar-refractivity contribution in [1.82, 2.24) is 4.90 Å². The van der Waals surface area contributed by atoms with E-state index in [9.17, 15) is 4.79 Å². The fraction of sp³-hybridized carbons (Fsp3) is 0.615. The monoisotopic (exact) mass is 393 g/mol. The molecule has 1 aromatic heterocycles. The topological polar surface area (TPSA) is 20.3 Å². The maximum Gasteiger partial charge on any atom is 0.178 e. The van der Waals surface area contributed by atoms with Gasteiger partial charge in [-0.05, 0) is 64.6 Å². The number of likely N-dealkylation sites (tertiary alicyclic amines) is 1. The van der Waals surface area contributed by atoms with E-state index in [4.69, 9.17) is 0 Å². The van der Waals surface area contributed by atoms with E-state index in [1.54, 1.807) is 11.3 Å². The van der Waals surface area contributed by atoms with E-state index in [-0.39, 0.29) is 5.78 Å². The first kappa shape index (κ1) is 14.7. The van der Waals surface area contributed by atoms with Crippen LogP contribution in [-0.4, -0.2) is 29.3 Å². The molecule has 0 N–H and O–H groups in total. The number of rotatable bonds is 3. The molecule has 0 aromatic carbocycles. The van der Waals surface area contributed by atoms with Crippen molar-refractivity contribution in [3.05, 3.63) is 19.2 Å². The number of hydrogen-bond acceptors (Lipinski definition) is 3. The maximum absolute atomic E-state index is 12.4. The van der Waals surface area contributed by atoms with Gasteiger partial charge in [-0.15, -0.1) is 11.3 Å². The van der Waals surface area contributed by atoms with E-state index in [2.05, 4.69) is 50.6 Å². The molecule has 1 aromatic rings. The molecule has 100 valence electrons. The molecule has 1 aliphatic heterocycles. The Hall–Kier alpha value is 0.290. The van der Waals surface area contributed by atoms with Crippen LogP contribution in [0.4, 0.5) is 0 Å². The Balaban J connectivity index is 2.08. The van der Waals surface area contributed by atoms with Gasteiger partial charge in [-0.25, -0.2) is 0 Å². The van der Waals surface area contributed by atoms with E-state index in [1.165, 1.54) is 19.3 Å². The number of ketones is 1. The van der Waals surface area contributed by atoms with Crippen LogP contribution in [-0.2, 0) is 0 Å². The minimum atomic E-state index is 0.212. The van der Waals surface area contributed by atoms with Crippen molar-refractivity contribution in [2.24, 2.45) is 0 Å². The smallest absolute Gasteiger partial charge is 0.178 e. The fourth-order valence-corrected chi connectivity index (χ4v) is 5.42. The van der Waals surface area contributed by atoms with E-state index >= 15 is 0 Å². The summed E-state index contributed by atoms with van der Waals surface area (Å²) in [7, 11) is 0. The Bertz CT molecular complexity index is 436. The zero-order valence-electron chi connectivity index (χ0n) is 10.6. The summed E-state index contributed by atoms with van der Waals surface area (Å²) >= 11 is 8.44. The average Bonchev–Trinajstić information content (AvgIpc) is 2.63. The van der Waals surface area contributed by atoms with Gasteiger partial charge in [0, 0.05) is 17.6 Å². The molecular formula is C13H17Br2NOS. The molecule has 0 aliphatic carbocycles. The van der Waals surface area contributed by atoms with Crippen molar-refractivity contribution in [1.29, 1.82) is 0 Å². The zero-order chi connectivity index (χ0) is 13.3. The Morgan fingerprint density at radius 1 is 1.39 bits per heavy atom. The van der Waals surface area contributed by atoms with Crippen molar-refractivity contribution < 1.29 is 4.79 Å². The number of Topliss-reactive ketones (excluding diaryl/α,β-unsaturated/α-hetero) is 1. The third-order valence-corrected chi connectivity index (χ3v) is 6.00. The van der Waals surface area contributed by atoms with Crippen LogP contribution < -0.4 is 0 Å². The van der Waals surface area contributed by atoms with Crippen LogP contribution in [0.3, 0.4) is 0 Å². The lowest BCUT2D eigenvalue weighted by atomic mass is 9.97. The van der Waals surface area contributed by atoms with E-state index in [0.717, 1.165) is 13.1 Å². The van der Waals surface area contributed by atoms with E-state index < -0.39 is 0 Å². The van der Waals surface area contributed by atoms with Gasteiger partial charge < -0.3 is 0 Å². The Morgan fingerprint density at radius 3 is 2.50 bits per heavy atom. The third-order valence-electron chi connectivity index (χ3n) is 3.66. The van der Waals surface area contributed by atoms with Gasteiger partial charge in [-0.1, -0.05) is 6.42 Å². The molecule has 2 nitrogen and oxygen atoms in total. The molecule has 2 atom stereocenters. The Labute approximate surface area is 129 Å². The van der Waals surface area contributed by atoms with Crippen LogP contribution in [0, 0.1) is 0 Å². The summed E-state index contributed by atoms with van der Waals surface area (Å²) in [6.45, 7) is 4.98. The molecule has 1 aliphatic rings. The fourth-order valence-electron chi connectivity index (χ4n) is 2.57. The molecule has 5 heteroatoms. The van der Waals surface area contributed by atoms with Crippen molar-refractivity contribution in [2.75, 3.05) is 6.54 Å². The number of halogens is 2. The van der Waals surface area contributed by atoms with Crippen LogP contribution in [0.1, 0.15) is 43.5 Å². The summed E-state index contributed by atoms with van der Waals surface area (Å²) in [5.74, 6) is 0.212. The predicted octanol–water partition coefficient (Wildman–Crippen LogP) is 4.72. The molecule has 1 fully saturated rings. The van der Waals surface area contributed by atoms with Gasteiger partial charge in [0.15, 0.2) is 5.78 Å². The van der Waals surface area contributed by atoms with Crippen molar-refractivity contribution in [2.45, 2.75) is 45.2 Å². The van der Waals surface area contributed by atoms with E-state index in [0.29, 0.717) is 18.6 Å². The Kier molecular flexibility index (Phi) is 5.03. The summed E-state index contributed by atoms with van der Waals surface area (Å²) < 4.78 is 1.93. The average molecular weight is 395 g/mol. The summed E-state index contributed by atoms with van der Waals surface area (Å²) in [6, 6.07) is 2.94. The number of carbonyl (C=O) groups is 1. The molecule has 0 saturated carbocycles. The summed E-state index contributed by atoms with van der Waals surface area (Å²) in [4.78, 5) is 14.7. The lowest BCUT2D eigenvalue weighted by molar-refractivity contribution is 0.0734. The highest BCUT2D eigenvalue weighted by Crippen LogP contribution is 2.32. The number of piperidine rings is 1. The molecule has 2 heterocycles. The molecule has 1 saturated heterocycles. The van der Waals surface area contributed by atoms with Crippen molar-refractivity contribution in [3.63, 3.8) is 0 Å². The highest BCUT2D eigenvalue weighted by atomic mass is 79.9. The molecule has 0 radical (unpaired) electrons. The van der Waals surface area contributed by atoms with Gasteiger partial charge in [0.05, 0.1) is 14.1 Å².